The summed E-state index contributed by atoms with van der Waals surface area (Å²) in [6.07, 6.45) is 5.99. The molecule has 4 rings (SSSR count). The first-order valence-corrected chi connectivity index (χ1v) is 12.2. The fraction of sp³-hybridized carbons (Fsp3) is 0.409. The van der Waals surface area contributed by atoms with Crippen molar-refractivity contribution in [3.63, 3.8) is 0 Å². The number of piperidine rings is 1. The molecule has 10 nitrogen and oxygen atoms in total. The highest BCUT2D eigenvalue weighted by Gasteiger charge is 2.25. The highest BCUT2D eigenvalue weighted by molar-refractivity contribution is 7.45. The topological polar surface area (TPSA) is 131 Å². The molecule has 3 aromatic heterocycles. The van der Waals surface area contributed by atoms with Crippen LogP contribution in [0.15, 0.2) is 41.5 Å². The molecule has 4 heterocycles. The summed E-state index contributed by atoms with van der Waals surface area (Å²) in [6.45, 7) is 1.15. The number of hydrogen-bond acceptors (Lipinski definition) is 9. The monoisotopic (exact) mass is 471 g/mol. The number of ketones is 1. The second-order valence-corrected chi connectivity index (χ2v) is 9.20. The number of Topliss-reactive ketones (excluding diaryl/α,β-unsaturated/α-hetero) is 1. The number of ether oxygens (including phenoxy) is 1. The number of hydrogen-bond donors (Lipinski definition) is 2. The van der Waals surface area contributed by atoms with Gasteiger partial charge in [0.25, 0.3) is 5.56 Å². The maximum absolute atomic E-state index is 13.4. The zero-order chi connectivity index (χ0) is 23.4. The number of carbonyl (C=O) groups excluding carboxylic acids is 1. The second-order valence-electron chi connectivity index (χ2n) is 8.01. The molecule has 0 unspecified atom stereocenters. The van der Waals surface area contributed by atoms with Gasteiger partial charge in [-0.05, 0) is 37.3 Å². The largest absolute Gasteiger partial charge is 0.481 e. The van der Waals surface area contributed by atoms with Crippen molar-refractivity contribution in [3.05, 3.63) is 52.7 Å². The number of rotatable bonds is 8. The molecule has 3 aromatic rings. The van der Waals surface area contributed by atoms with E-state index in [4.69, 9.17) is 4.74 Å². The predicted octanol–water partition coefficient (Wildman–Crippen LogP) is 1.98. The third-order valence-corrected chi connectivity index (χ3v) is 6.55. The van der Waals surface area contributed by atoms with Crippen LogP contribution in [0.1, 0.15) is 29.8 Å². The quantitative estimate of drug-likeness (QED) is 0.374. The summed E-state index contributed by atoms with van der Waals surface area (Å²) >= 11 is 0. The normalized spacial score (nSPS) is 14.7. The van der Waals surface area contributed by atoms with Crippen molar-refractivity contribution in [2.75, 3.05) is 31.3 Å². The molecule has 1 aliphatic rings. The lowest BCUT2D eigenvalue weighted by Gasteiger charge is -2.33. The van der Waals surface area contributed by atoms with Gasteiger partial charge in [-0.2, -0.15) is 10.1 Å². The SMILES string of the molecule is COc1cc2cnn(CC(=O)c3ccccn3)c(=O)c2c(N2CCC(CCP(O)O)CC2)n1. The Morgan fingerprint density at radius 3 is 2.73 bits per heavy atom. The van der Waals surface area contributed by atoms with Crippen molar-refractivity contribution in [1.29, 1.82) is 0 Å². The predicted molar refractivity (Wildman–Crippen MR) is 125 cm³/mol. The Morgan fingerprint density at radius 2 is 2.06 bits per heavy atom. The van der Waals surface area contributed by atoms with Crippen LogP contribution < -0.4 is 15.2 Å². The van der Waals surface area contributed by atoms with Crippen LogP contribution in [0.4, 0.5) is 5.82 Å². The van der Waals surface area contributed by atoms with Crippen LogP contribution in [-0.4, -0.2) is 61.7 Å². The molecule has 0 aromatic carbocycles. The van der Waals surface area contributed by atoms with Gasteiger partial charge in [0.15, 0.2) is 8.38 Å². The highest BCUT2D eigenvalue weighted by atomic mass is 31.2. The van der Waals surface area contributed by atoms with E-state index in [2.05, 4.69) is 15.1 Å². The minimum absolute atomic E-state index is 0.218. The molecule has 1 fully saturated rings. The van der Waals surface area contributed by atoms with E-state index in [-0.39, 0.29) is 18.0 Å². The van der Waals surface area contributed by atoms with Crippen molar-refractivity contribution in [1.82, 2.24) is 19.7 Å². The van der Waals surface area contributed by atoms with Crippen LogP contribution in [0.5, 0.6) is 5.88 Å². The van der Waals surface area contributed by atoms with Crippen LogP contribution in [0.3, 0.4) is 0 Å². The van der Waals surface area contributed by atoms with Gasteiger partial charge in [0, 0.05) is 36.9 Å². The number of pyridine rings is 2. The first kappa shape index (κ1) is 23.2. The van der Waals surface area contributed by atoms with Crippen LogP contribution in [0.2, 0.25) is 0 Å². The third-order valence-electron chi connectivity index (χ3n) is 5.90. The lowest BCUT2D eigenvalue weighted by Crippen LogP contribution is -2.36. The van der Waals surface area contributed by atoms with Gasteiger partial charge >= 0.3 is 0 Å². The molecule has 0 aliphatic carbocycles. The zero-order valence-electron chi connectivity index (χ0n) is 18.3. The lowest BCUT2D eigenvalue weighted by atomic mass is 9.94. The standard InChI is InChI=1S/C22H26N5O5P/c1-32-19-12-16-13-24-27(14-18(28)17-4-2-3-8-23-17)22(29)20(16)21(25-19)26-9-5-15(6-10-26)7-11-33(30)31/h2-4,8,12-13,15,30-31H,5-7,9-11,14H2,1H3. The van der Waals surface area contributed by atoms with Gasteiger partial charge in [0.2, 0.25) is 11.7 Å². The molecule has 174 valence electrons. The van der Waals surface area contributed by atoms with Crippen LogP contribution in [-0.2, 0) is 6.54 Å². The molecular weight excluding hydrogens is 445 g/mol. The average molecular weight is 471 g/mol. The minimum Gasteiger partial charge on any atom is -0.481 e. The average Bonchev–Trinajstić information content (AvgIpc) is 2.84. The van der Waals surface area contributed by atoms with Crippen molar-refractivity contribution in [2.45, 2.75) is 25.8 Å². The lowest BCUT2D eigenvalue weighted by molar-refractivity contribution is 0.0961. The molecule has 0 bridgehead atoms. The number of anilines is 1. The van der Waals surface area contributed by atoms with E-state index < -0.39 is 13.9 Å². The summed E-state index contributed by atoms with van der Waals surface area (Å²) in [5.74, 6) is 0.994. The molecule has 2 N–H and O–H groups in total. The zero-order valence-corrected chi connectivity index (χ0v) is 19.2. The molecule has 0 radical (unpaired) electrons. The summed E-state index contributed by atoms with van der Waals surface area (Å²) in [5.41, 5.74) is -0.119. The number of methoxy groups -OCH3 is 1. The van der Waals surface area contributed by atoms with Gasteiger partial charge in [0.05, 0.1) is 18.7 Å². The molecule has 33 heavy (non-hydrogen) atoms. The molecule has 0 saturated carbocycles. The first-order valence-electron chi connectivity index (χ1n) is 10.8. The van der Waals surface area contributed by atoms with E-state index in [0.29, 0.717) is 47.6 Å². The van der Waals surface area contributed by atoms with E-state index in [9.17, 15) is 19.4 Å². The van der Waals surface area contributed by atoms with E-state index >= 15 is 0 Å². The Kier molecular flexibility index (Phi) is 7.27. The summed E-state index contributed by atoms with van der Waals surface area (Å²) in [6, 6.07) is 6.71. The van der Waals surface area contributed by atoms with E-state index in [1.54, 1.807) is 30.5 Å². The van der Waals surface area contributed by atoms with Crippen LogP contribution >= 0.6 is 8.38 Å². The number of fused-ring (bicyclic) bond motifs is 1. The Labute approximate surface area is 191 Å². The van der Waals surface area contributed by atoms with E-state index in [1.807, 2.05) is 4.90 Å². The van der Waals surface area contributed by atoms with Gasteiger partial charge in [-0.1, -0.05) is 6.07 Å². The van der Waals surface area contributed by atoms with Gasteiger partial charge in [0.1, 0.15) is 18.1 Å². The first-order chi connectivity index (χ1) is 16.0. The molecule has 0 atom stereocenters. The van der Waals surface area contributed by atoms with E-state index in [1.165, 1.54) is 13.3 Å². The third kappa shape index (κ3) is 5.35. The Hall–Kier alpha value is -2.94. The fourth-order valence-electron chi connectivity index (χ4n) is 4.08. The molecule has 0 amide bonds. The maximum Gasteiger partial charge on any atom is 0.278 e. The Bertz CT molecular complexity index is 1180. The Balaban J connectivity index is 1.64. The van der Waals surface area contributed by atoms with Gasteiger partial charge in [-0.25, -0.2) is 4.68 Å². The van der Waals surface area contributed by atoms with Crippen LogP contribution in [0.25, 0.3) is 10.8 Å². The van der Waals surface area contributed by atoms with Crippen molar-refractivity contribution in [2.24, 2.45) is 5.92 Å². The summed E-state index contributed by atoms with van der Waals surface area (Å²) in [5, 5.41) is 5.18. The summed E-state index contributed by atoms with van der Waals surface area (Å²) in [7, 11) is -0.348. The molecule has 1 saturated heterocycles. The van der Waals surface area contributed by atoms with Crippen molar-refractivity contribution < 1.29 is 19.3 Å². The van der Waals surface area contributed by atoms with Gasteiger partial charge in [-0.3, -0.25) is 14.6 Å². The second kappa shape index (κ2) is 10.3. The fourth-order valence-corrected chi connectivity index (χ4v) is 4.68. The molecule has 1 aliphatic heterocycles. The van der Waals surface area contributed by atoms with Gasteiger partial charge in [-0.15, -0.1) is 0 Å². The maximum atomic E-state index is 13.4. The number of aromatic nitrogens is 4. The minimum atomic E-state index is -1.87. The summed E-state index contributed by atoms with van der Waals surface area (Å²) in [4.78, 5) is 55.0. The van der Waals surface area contributed by atoms with Crippen molar-refractivity contribution in [3.8, 4) is 5.88 Å². The smallest absolute Gasteiger partial charge is 0.278 e. The molecular formula is C22H26N5O5P. The summed E-state index contributed by atoms with van der Waals surface area (Å²) < 4.78 is 6.49. The van der Waals surface area contributed by atoms with Gasteiger partial charge < -0.3 is 19.4 Å². The van der Waals surface area contributed by atoms with E-state index in [0.717, 1.165) is 23.9 Å². The van der Waals surface area contributed by atoms with Crippen molar-refractivity contribution >= 4 is 30.7 Å². The van der Waals surface area contributed by atoms with Crippen LogP contribution in [0, 0.1) is 5.92 Å². The Morgan fingerprint density at radius 1 is 1.27 bits per heavy atom. The highest BCUT2D eigenvalue weighted by Crippen LogP contribution is 2.33. The molecule has 11 heteroatoms. The number of carbonyl (C=O) groups is 1. The number of nitrogens with zero attached hydrogens (tertiary/aromatic N) is 5. The molecule has 0 spiro atoms.